The predicted octanol–water partition coefficient (Wildman–Crippen LogP) is 2.73. The summed E-state index contributed by atoms with van der Waals surface area (Å²) in [4.78, 5) is 25.7. The van der Waals surface area contributed by atoms with E-state index in [2.05, 4.69) is 25.6 Å². The van der Waals surface area contributed by atoms with Crippen LogP contribution in [-0.2, 0) is 0 Å². The maximum atomic E-state index is 12.3. The van der Waals surface area contributed by atoms with Crippen molar-refractivity contribution in [2.45, 2.75) is 38.3 Å². The number of anilines is 1. The Balaban J connectivity index is 1.73. The topological polar surface area (TPSA) is 120 Å². The Labute approximate surface area is 169 Å². The number of amides is 2. The Morgan fingerprint density at radius 1 is 1.14 bits per heavy atom. The molecule has 0 spiro atoms. The minimum Gasteiger partial charge on any atom is -0.394 e. The smallest absolute Gasteiger partial charge is 0.320 e. The summed E-state index contributed by atoms with van der Waals surface area (Å²) >= 11 is 0. The summed E-state index contributed by atoms with van der Waals surface area (Å²) in [7, 11) is 0. The SMILES string of the molecule is CCCC(CC(O)CO)NC(=O)Nc1ccc2ncc(-c3ccccc3)nc2n1. The van der Waals surface area contributed by atoms with Crippen LogP contribution in [0.3, 0.4) is 0 Å². The van der Waals surface area contributed by atoms with E-state index in [1.54, 1.807) is 18.3 Å². The summed E-state index contributed by atoms with van der Waals surface area (Å²) in [5, 5.41) is 24.2. The Morgan fingerprint density at radius 3 is 2.66 bits per heavy atom. The minimum atomic E-state index is -0.864. The molecule has 2 amide bonds. The Kier molecular flexibility index (Phi) is 7.04. The first-order valence-electron chi connectivity index (χ1n) is 9.64. The van der Waals surface area contributed by atoms with Gasteiger partial charge in [0.2, 0.25) is 0 Å². The molecule has 4 N–H and O–H groups in total. The van der Waals surface area contributed by atoms with Crippen LogP contribution in [-0.4, -0.2) is 49.9 Å². The number of hydrogen-bond acceptors (Lipinski definition) is 6. The average molecular weight is 395 g/mol. The molecule has 3 rings (SSSR count). The van der Waals surface area contributed by atoms with Gasteiger partial charge in [0, 0.05) is 11.6 Å². The molecule has 8 nitrogen and oxygen atoms in total. The molecular weight excluding hydrogens is 370 g/mol. The molecule has 1 aromatic carbocycles. The highest BCUT2D eigenvalue weighted by molar-refractivity contribution is 5.89. The molecule has 8 heteroatoms. The lowest BCUT2D eigenvalue weighted by molar-refractivity contribution is 0.0792. The van der Waals surface area contributed by atoms with E-state index in [4.69, 9.17) is 5.11 Å². The highest BCUT2D eigenvalue weighted by Gasteiger charge is 2.16. The van der Waals surface area contributed by atoms with Gasteiger partial charge in [0.25, 0.3) is 0 Å². The molecule has 0 radical (unpaired) electrons. The Bertz CT molecular complexity index is 951. The molecule has 0 aliphatic heterocycles. The van der Waals surface area contributed by atoms with E-state index in [1.165, 1.54) is 0 Å². The number of urea groups is 1. The highest BCUT2D eigenvalue weighted by atomic mass is 16.3. The second-order valence-electron chi connectivity index (χ2n) is 6.82. The van der Waals surface area contributed by atoms with Crippen LogP contribution in [0, 0.1) is 0 Å². The Morgan fingerprint density at radius 2 is 1.93 bits per heavy atom. The van der Waals surface area contributed by atoms with Crippen molar-refractivity contribution < 1.29 is 15.0 Å². The van der Waals surface area contributed by atoms with Crippen molar-refractivity contribution in [3.8, 4) is 11.3 Å². The van der Waals surface area contributed by atoms with Crippen molar-refractivity contribution in [3.05, 3.63) is 48.7 Å². The van der Waals surface area contributed by atoms with Crippen LogP contribution < -0.4 is 10.6 Å². The number of hydrogen-bond donors (Lipinski definition) is 4. The summed E-state index contributed by atoms with van der Waals surface area (Å²) < 4.78 is 0. The third-order valence-electron chi connectivity index (χ3n) is 4.46. The van der Waals surface area contributed by atoms with Gasteiger partial charge in [-0.25, -0.2) is 14.8 Å². The summed E-state index contributed by atoms with van der Waals surface area (Å²) in [5.74, 6) is 0.354. The van der Waals surface area contributed by atoms with Crippen LogP contribution in [0.4, 0.5) is 10.6 Å². The summed E-state index contributed by atoms with van der Waals surface area (Å²) in [6, 6.07) is 12.4. The van der Waals surface area contributed by atoms with Crippen molar-refractivity contribution in [3.63, 3.8) is 0 Å². The molecule has 152 valence electrons. The first-order valence-corrected chi connectivity index (χ1v) is 9.64. The number of benzene rings is 1. The van der Waals surface area contributed by atoms with Crippen LogP contribution >= 0.6 is 0 Å². The molecule has 0 aliphatic carbocycles. The fraction of sp³-hybridized carbons (Fsp3) is 0.333. The zero-order chi connectivity index (χ0) is 20.6. The van der Waals surface area contributed by atoms with Crippen molar-refractivity contribution in [2.75, 3.05) is 11.9 Å². The normalized spacial score (nSPS) is 13.1. The molecule has 2 atom stereocenters. The number of rotatable bonds is 8. The fourth-order valence-corrected chi connectivity index (χ4v) is 3.05. The molecule has 0 saturated heterocycles. The number of pyridine rings is 1. The number of aromatic nitrogens is 3. The first-order chi connectivity index (χ1) is 14.1. The van der Waals surface area contributed by atoms with Gasteiger partial charge in [-0.05, 0) is 25.0 Å². The van der Waals surface area contributed by atoms with E-state index in [9.17, 15) is 9.90 Å². The van der Waals surface area contributed by atoms with Gasteiger partial charge in [-0.3, -0.25) is 10.3 Å². The van der Waals surface area contributed by atoms with E-state index >= 15 is 0 Å². The van der Waals surface area contributed by atoms with E-state index in [0.29, 0.717) is 29.1 Å². The number of fused-ring (bicyclic) bond motifs is 1. The molecule has 29 heavy (non-hydrogen) atoms. The van der Waals surface area contributed by atoms with Crippen molar-refractivity contribution >= 4 is 23.0 Å². The number of aliphatic hydroxyl groups excluding tert-OH is 2. The van der Waals surface area contributed by atoms with Crippen LogP contribution in [0.5, 0.6) is 0 Å². The van der Waals surface area contributed by atoms with Crippen LogP contribution in [0.15, 0.2) is 48.7 Å². The molecule has 0 aliphatic rings. The van der Waals surface area contributed by atoms with Gasteiger partial charge in [0.05, 0.1) is 24.6 Å². The third kappa shape index (κ3) is 5.69. The van der Waals surface area contributed by atoms with Crippen LogP contribution in [0.25, 0.3) is 22.4 Å². The molecule has 2 aromatic heterocycles. The maximum Gasteiger partial charge on any atom is 0.320 e. The lowest BCUT2D eigenvalue weighted by Crippen LogP contribution is -2.40. The Hall–Kier alpha value is -3.10. The number of nitrogens with one attached hydrogen (secondary N) is 2. The molecular formula is C21H25N5O3. The number of aliphatic hydroxyl groups is 2. The van der Waals surface area contributed by atoms with Gasteiger partial charge in [-0.2, -0.15) is 0 Å². The second-order valence-corrected chi connectivity index (χ2v) is 6.82. The zero-order valence-electron chi connectivity index (χ0n) is 16.2. The van der Waals surface area contributed by atoms with Gasteiger partial charge >= 0.3 is 6.03 Å². The molecule has 3 aromatic rings. The third-order valence-corrected chi connectivity index (χ3v) is 4.46. The van der Waals surface area contributed by atoms with Crippen LogP contribution in [0.2, 0.25) is 0 Å². The maximum absolute atomic E-state index is 12.3. The largest absolute Gasteiger partial charge is 0.394 e. The summed E-state index contributed by atoms with van der Waals surface area (Å²) in [6.45, 7) is 1.66. The quantitative estimate of drug-likeness (QED) is 0.465. The predicted molar refractivity (Wildman–Crippen MR) is 111 cm³/mol. The van der Waals surface area contributed by atoms with E-state index in [0.717, 1.165) is 12.0 Å². The van der Waals surface area contributed by atoms with E-state index < -0.39 is 12.1 Å². The molecule has 0 fully saturated rings. The zero-order valence-corrected chi connectivity index (χ0v) is 16.2. The van der Waals surface area contributed by atoms with Gasteiger partial charge in [0.1, 0.15) is 11.3 Å². The number of carbonyl (C=O) groups is 1. The lowest BCUT2D eigenvalue weighted by Gasteiger charge is -2.20. The van der Waals surface area contributed by atoms with Crippen molar-refractivity contribution in [1.82, 2.24) is 20.3 Å². The minimum absolute atomic E-state index is 0.243. The van der Waals surface area contributed by atoms with Crippen molar-refractivity contribution in [1.29, 1.82) is 0 Å². The van der Waals surface area contributed by atoms with Crippen molar-refractivity contribution in [2.24, 2.45) is 0 Å². The highest BCUT2D eigenvalue weighted by Crippen LogP contribution is 2.19. The summed E-state index contributed by atoms with van der Waals surface area (Å²) in [5.41, 5.74) is 2.70. The van der Waals surface area contributed by atoms with E-state index in [-0.39, 0.29) is 19.1 Å². The van der Waals surface area contributed by atoms with Gasteiger partial charge in [-0.15, -0.1) is 0 Å². The van der Waals surface area contributed by atoms with Gasteiger partial charge < -0.3 is 15.5 Å². The standard InChI is InChI=1S/C21H25N5O3/c1-2-6-15(11-16(28)13-27)23-21(29)26-19-10-9-17-20(25-19)24-18(12-22-17)14-7-4-3-5-8-14/h3-5,7-10,12,15-16,27-28H,2,6,11,13H2,1H3,(H2,23,24,25,26,29). The first kappa shape index (κ1) is 20.6. The monoisotopic (exact) mass is 395 g/mol. The van der Waals surface area contributed by atoms with Gasteiger partial charge in [-0.1, -0.05) is 43.7 Å². The fourth-order valence-electron chi connectivity index (χ4n) is 3.05. The molecule has 2 unspecified atom stereocenters. The second kappa shape index (κ2) is 9.90. The molecule has 0 bridgehead atoms. The number of carbonyl (C=O) groups excluding carboxylic acids is 1. The average Bonchev–Trinajstić information content (AvgIpc) is 2.73. The summed E-state index contributed by atoms with van der Waals surface area (Å²) in [6.07, 6.45) is 2.66. The van der Waals surface area contributed by atoms with E-state index in [1.807, 2.05) is 37.3 Å². The van der Waals surface area contributed by atoms with Gasteiger partial charge in [0.15, 0.2) is 5.65 Å². The number of nitrogens with zero attached hydrogens (tertiary/aromatic N) is 3. The lowest BCUT2D eigenvalue weighted by atomic mass is 10.1. The molecule has 2 heterocycles. The van der Waals surface area contributed by atoms with Crippen LogP contribution in [0.1, 0.15) is 26.2 Å². The molecule has 0 saturated carbocycles.